The second-order valence-electron chi connectivity index (χ2n) is 5.34. The van der Waals surface area contributed by atoms with Gasteiger partial charge in [0.05, 0.1) is 11.6 Å². The van der Waals surface area contributed by atoms with Crippen LogP contribution in [0.4, 0.5) is 0 Å². The monoisotopic (exact) mass is 283 g/mol. The average molecular weight is 284 g/mol. The quantitative estimate of drug-likeness (QED) is 0.851. The number of nitrogens with one attached hydrogen (secondary N) is 1. The first-order valence-electron chi connectivity index (χ1n) is 6.43. The van der Waals surface area contributed by atoms with Crippen LogP contribution in [-0.4, -0.2) is 33.9 Å². The SMILES string of the molecule is CC(C)CN1C[C@H](c2cc(=O)[nH]c(CCl)n2)CC1=O. The van der Waals surface area contributed by atoms with Crippen LogP contribution in [0.1, 0.15) is 37.7 Å². The van der Waals surface area contributed by atoms with E-state index in [-0.39, 0.29) is 23.3 Å². The van der Waals surface area contributed by atoms with Gasteiger partial charge < -0.3 is 9.88 Å². The van der Waals surface area contributed by atoms with E-state index in [1.807, 2.05) is 4.90 Å². The lowest BCUT2D eigenvalue weighted by atomic mass is 10.0. The molecule has 1 saturated heterocycles. The number of rotatable bonds is 4. The molecule has 1 aliphatic rings. The zero-order valence-electron chi connectivity index (χ0n) is 11.1. The van der Waals surface area contributed by atoms with Crippen LogP contribution in [0.5, 0.6) is 0 Å². The number of halogens is 1. The van der Waals surface area contributed by atoms with Crippen molar-refractivity contribution in [2.24, 2.45) is 5.92 Å². The van der Waals surface area contributed by atoms with Crippen molar-refractivity contribution >= 4 is 17.5 Å². The van der Waals surface area contributed by atoms with Crippen LogP contribution in [0.25, 0.3) is 0 Å². The Morgan fingerprint density at radius 2 is 2.26 bits per heavy atom. The topological polar surface area (TPSA) is 66.1 Å². The highest BCUT2D eigenvalue weighted by Crippen LogP contribution is 2.26. The molecule has 1 aromatic rings. The first kappa shape index (κ1) is 14.1. The largest absolute Gasteiger partial charge is 0.342 e. The number of hydrogen-bond acceptors (Lipinski definition) is 3. The predicted octanol–water partition coefficient (Wildman–Crippen LogP) is 1.48. The summed E-state index contributed by atoms with van der Waals surface area (Å²) in [4.78, 5) is 32.2. The summed E-state index contributed by atoms with van der Waals surface area (Å²) in [5.41, 5.74) is 0.453. The lowest BCUT2D eigenvalue weighted by Gasteiger charge is -2.18. The molecular formula is C13H18ClN3O2. The number of H-pyrrole nitrogens is 1. The number of carbonyl (C=O) groups excluding carboxylic acids is 1. The molecule has 104 valence electrons. The van der Waals surface area contributed by atoms with E-state index >= 15 is 0 Å². The molecule has 0 spiro atoms. The molecule has 1 aliphatic heterocycles. The summed E-state index contributed by atoms with van der Waals surface area (Å²) in [7, 11) is 0. The molecule has 6 heteroatoms. The van der Waals surface area contributed by atoms with E-state index in [0.717, 1.165) is 6.54 Å². The molecule has 1 fully saturated rings. The van der Waals surface area contributed by atoms with E-state index < -0.39 is 0 Å². The maximum atomic E-state index is 11.9. The summed E-state index contributed by atoms with van der Waals surface area (Å²) in [5.74, 6) is 1.19. The van der Waals surface area contributed by atoms with Crippen molar-refractivity contribution in [1.82, 2.24) is 14.9 Å². The van der Waals surface area contributed by atoms with Crippen LogP contribution in [0, 0.1) is 5.92 Å². The molecule has 2 heterocycles. The first-order valence-corrected chi connectivity index (χ1v) is 6.97. The molecular weight excluding hydrogens is 266 g/mol. The first-order chi connectivity index (χ1) is 8.99. The van der Waals surface area contributed by atoms with Crippen molar-refractivity contribution in [3.63, 3.8) is 0 Å². The summed E-state index contributed by atoms with van der Waals surface area (Å²) in [6, 6.07) is 1.47. The Hall–Kier alpha value is -1.36. The van der Waals surface area contributed by atoms with Gasteiger partial charge in [-0.25, -0.2) is 4.98 Å². The molecule has 0 radical (unpaired) electrons. The molecule has 1 aromatic heterocycles. The van der Waals surface area contributed by atoms with Gasteiger partial charge >= 0.3 is 0 Å². The third-order valence-corrected chi connectivity index (χ3v) is 3.41. The fourth-order valence-electron chi connectivity index (χ4n) is 2.39. The third kappa shape index (κ3) is 3.35. The van der Waals surface area contributed by atoms with Crippen LogP contribution in [-0.2, 0) is 10.7 Å². The van der Waals surface area contributed by atoms with Crippen molar-refractivity contribution in [1.29, 1.82) is 0 Å². The van der Waals surface area contributed by atoms with Gasteiger partial charge in [0, 0.05) is 31.5 Å². The summed E-state index contributed by atoms with van der Waals surface area (Å²) in [6.45, 7) is 5.55. The van der Waals surface area contributed by atoms with Gasteiger partial charge in [-0.05, 0) is 5.92 Å². The maximum absolute atomic E-state index is 11.9. The predicted molar refractivity (Wildman–Crippen MR) is 73.2 cm³/mol. The van der Waals surface area contributed by atoms with Gasteiger partial charge in [0.2, 0.25) is 5.91 Å². The van der Waals surface area contributed by atoms with E-state index in [1.54, 1.807) is 0 Å². The highest BCUT2D eigenvalue weighted by atomic mass is 35.5. The van der Waals surface area contributed by atoms with E-state index in [4.69, 9.17) is 11.6 Å². The minimum absolute atomic E-state index is 0.00415. The average Bonchev–Trinajstić information content (AvgIpc) is 2.69. The van der Waals surface area contributed by atoms with Crippen molar-refractivity contribution in [2.75, 3.05) is 13.1 Å². The Morgan fingerprint density at radius 1 is 1.53 bits per heavy atom. The van der Waals surface area contributed by atoms with Crippen LogP contribution >= 0.6 is 11.6 Å². The molecule has 0 bridgehead atoms. The normalized spacial score (nSPS) is 19.5. The maximum Gasteiger partial charge on any atom is 0.251 e. The second kappa shape index (κ2) is 5.74. The van der Waals surface area contributed by atoms with Crippen molar-refractivity contribution in [2.45, 2.75) is 32.1 Å². The molecule has 5 nitrogen and oxygen atoms in total. The van der Waals surface area contributed by atoms with Gasteiger partial charge in [-0.1, -0.05) is 13.8 Å². The summed E-state index contributed by atoms with van der Waals surface area (Å²) >= 11 is 5.69. The molecule has 19 heavy (non-hydrogen) atoms. The van der Waals surface area contributed by atoms with E-state index in [0.29, 0.717) is 30.4 Å². The van der Waals surface area contributed by atoms with Gasteiger partial charge in [-0.3, -0.25) is 9.59 Å². The Bertz CT molecular complexity index is 527. The Morgan fingerprint density at radius 3 is 2.89 bits per heavy atom. The van der Waals surface area contributed by atoms with Crippen LogP contribution in [0.2, 0.25) is 0 Å². The zero-order valence-corrected chi connectivity index (χ0v) is 11.9. The third-order valence-electron chi connectivity index (χ3n) is 3.16. The summed E-state index contributed by atoms with van der Waals surface area (Å²) in [6.07, 6.45) is 0.422. The molecule has 0 aromatic carbocycles. The van der Waals surface area contributed by atoms with Gasteiger partial charge in [-0.2, -0.15) is 0 Å². The minimum atomic E-state index is -0.213. The molecule has 0 aliphatic carbocycles. The second-order valence-corrected chi connectivity index (χ2v) is 5.61. The molecule has 0 saturated carbocycles. The van der Waals surface area contributed by atoms with Crippen LogP contribution < -0.4 is 5.56 Å². The van der Waals surface area contributed by atoms with E-state index in [2.05, 4.69) is 23.8 Å². The Balaban J connectivity index is 2.18. The lowest BCUT2D eigenvalue weighted by Crippen LogP contribution is -2.29. The van der Waals surface area contributed by atoms with E-state index in [9.17, 15) is 9.59 Å². The fourth-order valence-corrected chi connectivity index (χ4v) is 2.52. The standard InChI is InChI=1S/C13H18ClN3O2/c1-8(2)6-17-7-9(3-13(17)19)10-4-12(18)16-11(5-14)15-10/h4,8-9H,3,5-7H2,1-2H3,(H,15,16,18)/t9-/m1/s1. The minimum Gasteiger partial charge on any atom is -0.342 e. The Labute approximate surface area is 117 Å². The van der Waals surface area contributed by atoms with Crippen LogP contribution in [0.3, 0.4) is 0 Å². The number of hydrogen-bond donors (Lipinski definition) is 1. The van der Waals surface area contributed by atoms with Gasteiger partial charge in [0.15, 0.2) is 0 Å². The van der Waals surface area contributed by atoms with Crippen LogP contribution in [0.15, 0.2) is 10.9 Å². The van der Waals surface area contributed by atoms with Crippen molar-refractivity contribution in [3.8, 4) is 0 Å². The van der Waals surface area contributed by atoms with E-state index in [1.165, 1.54) is 6.07 Å². The number of aromatic nitrogens is 2. The van der Waals surface area contributed by atoms with Gasteiger partial charge in [-0.15, -0.1) is 11.6 Å². The number of carbonyl (C=O) groups is 1. The molecule has 0 unspecified atom stereocenters. The van der Waals surface area contributed by atoms with Gasteiger partial charge in [0.25, 0.3) is 5.56 Å². The summed E-state index contributed by atoms with van der Waals surface area (Å²) in [5, 5.41) is 0. The number of nitrogens with zero attached hydrogens (tertiary/aromatic N) is 2. The molecule has 2 rings (SSSR count). The summed E-state index contributed by atoms with van der Waals surface area (Å²) < 4.78 is 0. The lowest BCUT2D eigenvalue weighted by molar-refractivity contribution is -0.128. The zero-order chi connectivity index (χ0) is 14.0. The molecule has 1 amide bonds. The van der Waals surface area contributed by atoms with Gasteiger partial charge in [0.1, 0.15) is 5.82 Å². The number of amides is 1. The highest BCUT2D eigenvalue weighted by Gasteiger charge is 2.31. The highest BCUT2D eigenvalue weighted by molar-refractivity contribution is 6.16. The number of aromatic amines is 1. The number of alkyl halides is 1. The van der Waals surface area contributed by atoms with Crippen molar-refractivity contribution < 1.29 is 4.79 Å². The Kier molecular flexibility index (Phi) is 4.24. The fraction of sp³-hybridized carbons (Fsp3) is 0.615. The molecule has 1 N–H and O–H groups in total. The molecule has 1 atom stereocenters. The smallest absolute Gasteiger partial charge is 0.251 e. The van der Waals surface area contributed by atoms with Crippen molar-refractivity contribution in [3.05, 3.63) is 27.9 Å². The number of likely N-dealkylation sites (tertiary alicyclic amines) is 1.